The normalized spacial score (nSPS) is 35.6. The van der Waals surface area contributed by atoms with Gasteiger partial charge in [-0.25, -0.2) is 0 Å². The fraction of sp³-hybridized carbons (Fsp3) is 0.419. The second-order valence-corrected chi connectivity index (χ2v) is 11.7. The average Bonchev–Trinajstić information content (AvgIpc) is 3.04. The Morgan fingerprint density at radius 3 is 1.19 bits per heavy atom. The van der Waals surface area contributed by atoms with Crippen molar-refractivity contribution in [2.45, 2.75) is 76.0 Å². The molecule has 0 amide bonds. The molecule has 4 aliphatic carbocycles. The van der Waals surface area contributed by atoms with E-state index in [1.807, 2.05) is 0 Å². The quantitative estimate of drug-likeness (QED) is 0.417. The molecule has 0 saturated heterocycles. The molecule has 0 aromatic heterocycles. The molecule has 0 aliphatic heterocycles. The van der Waals surface area contributed by atoms with Crippen LogP contribution in [0.3, 0.4) is 0 Å². The third-order valence-electron chi connectivity index (χ3n) is 9.50. The molecule has 0 spiro atoms. The Hall–Kier alpha value is -2.34. The second-order valence-electron chi connectivity index (χ2n) is 11.7. The van der Waals surface area contributed by atoms with E-state index in [2.05, 4.69) is 100 Å². The van der Waals surface area contributed by atoms with Crippen molar-refractivity contribution in [3.05, 3.63) is 106 Å². The Bertz CT molecular complexity index is 1070. The summed E-state index contributed by atoms with van der Waals surface area (Å²) in [5.74, 6) is 0. The van der Waals surface area contributed by atoms with Crippen molar-refractivity contribution in [3.63, 3.8) is 0 Å². The van der Waals surface area contributed by atoms with Crippen LogP contribution in [-0.2, 0) is 16.2 Å². The van der Waals surface area contributed by atoms with Gasteiger partial charge < -0.3 is 0 Å². The van der Waals surface area contributed by atoms with Crippen molar-refractivity contribution in [3.8, 4) is 0 Å². The molecule has 7 rings (SSSR count). The largest absolute Gasteiger partial charge is 0.0590 e. The SMILES string of the molecule is Cc1ccc(C23CC4(c5ccc(C)cc5)CC(C)(C2)C(c2ccc(C)cc2)(C3)C4)cc1. The van der Waals surface area contributed by atoms with Crippen molar-refractivity contribution in [1.82, 2.24) is 0 Å². The zero-order valence-electron chi connectivity index (χ0n) is 19.5. The van der Waals surface area contributed by atoms with Crippen LogP contribution in [0.15, 0.2) is 72.8 Å². The highest BCUT2D eigenvalue weighted by Crippen LogP contribution is 2.80. The van der Waals surface area contributed by atoms with E-state index in [-0.39, 0.29) is 16.2 Å². The number of hydrogen-bond acceptors (Lipinski definition) is 0. The third-order valence-corrected chi connectivity index (χ3v) is 9.50. The molecule has 0 N–H and O–H groups in total. The summed E-state index contributed by atoms with van der Waals surface area (Å²) < 4.78 is 0. The molecule has 0 radical (unpaired) electrons. The van der Waals surface area contributed by atoms with E-state index in [9.17, 15) is 0 Å². The van der Waals surface area contributed by atoms with Gasteiger partial charge in [-0.2, -0.15) is 0 Å². The lowest BCUT2D eigenvalue weighted by molar-refractivity contribution is 0.160. The first kappa shape index (κ1) is 19.4. The Morgan fingerprint density at radius 1 is 0.452 bits per heavy atom. The van der Waals surface area contributed by atoms with Crippen LogP contribution in [0.25, 0.3) is 0 Å². The van der Waals surface area contributed by atoms with Crippen molar-refractivity contribution >= 4 is 0 Å². The van der Waals surface area contributed by atoms with E-state index >= 15 is 0 Å². The highest BCUT2D eigenvalue weighted by Gasteiger charge is 2.75. The topological polar surface area (TPSA) is 0 Å². The lowest BCUT2D eigenvalue weighted by atomic mass is 9.54. The summed E-state index contributed by atoms with van der Waals surface area (Å²) >= 11 is 0. The Labute approximate surface area is 187 Å². The van der Waals surface area contributed by atoms with Gasteiger partial charge in [-0.3, -0.25) is 0 Å². The number of benzene rings is 3. The molecule has 2 unspecified atom stereocenters. The molecular weight excluding hydrogens is 372 g/mol. The van der Waals surface area contributed by atoms with Crippen molar-refractivity contribution in [2.24, 2.45) is 5.41 Å². The lowest BCUT2D eigenvalue weighted by Crippen LogP contribution is -2.44. The van der Waals surface area contributed by atoms with Gasteiger partial charge in [0.15, 0.2) is 0 Å². The van der Waals surface area contributed by atoms with E-state index < -0.39 is 0 Å². The van der Waals surface area contributed by atoms with Crippen LogP contribution in [0, 0.1) is 26.2 Å². The summed E-state index contributed by atoms with van der Waals surface area (Å²) in [5, 5.41) is 0. The summed E-state index contributed by atoms with van der Waals surface area (Å²) in [6.45, 7) is 9.25. The lowest BCUT2D eigenvalue weighted by Gasteiger charge is -2.49. The molecule has 4 fully saturated rings. The van der Waals surface area contributed by atoms with Crippen LogP contribution in [0.1, 0.15) is 72.4 Å². The minimum absolute atomic E-state index is 0.273. The predicted molar refractivity (Wildman–Crippen MR) is 130 cm³/mol. The maximum atomic E-state index is 2.62. The molecule has 31 heavy (non-hydrogen) atoms. The first-order valence-corrected chi connectivity index (χ1v) is 12.0. The summed E-state index contributed by atoms with van der Waals surface area (Å²) in [7, 11) is 0. The van der Waals surface area contributed by atoms with Gasteiger partial charge in [-0.1, -0.05) is 96.4 Å². The molecule has 4 aliphatic rings. The molecule has 0 heterocycles. The van der Waals surface area contributed by atoms with E-state index in [4.69, 9.17) is 0 Å². The summed E-state index contributed by atoms with van der Waals surface area (Å²) in [5.41, 5.74) is 10.0. The molecule has 3 aromatic carbocycles. The first-order chi connectivity index (χ1) is 14.8. The Balaban J connectivity index is 1.56. The molecule has 4 bridgehead atoms. The van der Waals surface area contributed by atoms with Crippen LogP contribution >= 0.6 is 0 Å². The minimum atomic E-state index is 0.273. The zero-order chi connectivity index (χ0) is 21.5. The van der Waals surface area contributed by atoms with Crippen LogP contribution in [0.5, 0.6) is 0 Å². The van der Waals surface area contributed by atoms with Crippen molar-refractivity contribution in [2.75, 3.05) is 0 Å². The van der Waals surface area contributed by atoms with Gasteiger partial charge in [-0.15, -0.1) is 0 Å². The zero-order valence-corrected chi connectivity index (χ0v) is 19.5. The van der Waals surface area contributed by atoms with Crippen LogP contribution in [0.2, 0.25) is 0 Å². The average molecular weight is 407 g/mol. The first-order valence-electron chi connectivity index (χ1n) is 12.0. The highest BCUT2D eigenvalue weighted by atomic mass is 14.8. The number of aryl methyl sites for hydroxylation is 3. The van der Waals surface area contributed by atoms with Gasteiger partial charge in [0.25, 0.3) is 0 Å². The number of rotatable bonds is 3. The van der Waals surface area contributed by atoms with Gasteiger partial charge in [-0.05, 0) is 85.8 Å². The highest BCUT2D eigenvalue weighted by molar-refractivity contribution is 5.50. The molecule has 2 atom stereocenters. The predicted octanol–water partition coefficient (Wildman–Crippen LogP) is 7.72. The van der Waals surface area contributed by atoms with E-state index in [0.717, 1.165) is 0 Å². The molecule has 0 heteroatoms. The summed E-state index contributed by atoms with van der Waals surface area (Å²) in [4.78, 5) is 0. The summed E-state index contributed by atoms with van der Waals surface area (Å²) in [6.07, 6.45) is 6.55. The van der Waals surface area contributed by atoms with E-state index in [1.165, 1.54) is 48.8 Å². The standard InChI is InChI=1S/C31H34/c1-22-5-11-25(12-6-22)29-17-28(4)18-30(19-29,26-13-7-23(2)8-14-26)21-31(28,20-29)27-15-9-24(3)10-16-27/h5-16H,17-21H2,1-4H3. The maximum absolute atomic E-state index is 2.62. The third kappa shape index (κ3) is 2.54. The van der Waals surface area contributed by atoms with Crippen molar-refractivity contribution < 1.29 is 0 Å². The smallest absolute Gasteiger partial charge is 0.00243 e. The van der Waals surface area contributed by atoms with Gasteiger partial charge in [0.1, 0.15) is 0 Å². The van der Waals surface area contributed by atoms with E-state index in [1.54, 1.807) is 16.7 Å². The molecule has 158 valence electrons. The van der Waals surface area contributed by atoms with Gasteiger partial charge >= 0.3 is 0 Å². The Morgan fingerprint density at radius 2 is 0.806 bits per heavy atom. The number of hydrogen-bond donors (Lipinski definition) is 0. The monoisotopic (exact) mass is 406 g/mol. The van der Waals surface area contributed by atoms with Crippen LogP contribution in [-0.4, -0.2) is 0 Å². The maximum Gasteiger partial charge on any atom is 0.00243 e. The van der Waals surface area contributed by atoms with Crippen LogP contribution in [0.4, 0.5) is 0 Å². The fourth-order valence-electron chi connectivity index (χ4n) is 8.41. The van der Waals surface area contributed by atoms with Gasteiger partial charge in [0.2, 0.25) is 0 Å². The van der Waals surface area contributed by atoms with E-state index in [0.29, 0.717) is 5.41 Å². The molecule has 0 nitrogen and oxygen atoms in total. The summed E-state index contributed by atoms with van der Waals surface area (Å²) in [6, 6.07) is 28.7. The molecule has 4 saturated carbocycles. The minimum Gasteiger partial charge on any atom is -0.0590 e. The fourth-order valence-corrected chi connectivity index (χ4v) is 8.41. The van der Waals surface area contributed by atoms with Crippen molar-refractivity contribution in [1.29, 1.82) is 0 Å². The van der Waals surface area contributed by atoms with Gasteiger partial charge in [0.05, 0.1) is 0 Å². The van der Waals surface area contributed by atoms with Gasteiger partial charge in [0, 0.05) is 5.41 Å². The Kier molecular flexibility index (Phi) is 3.82. The van der Waals surface area contributed by atoms with Crippen LogP contribution < -0.4 is 0 Å². The molecular formula is C31H34. The molecule has 3 aromatic rings. The second kappa shape index (κ2) is 6.12.